The summed E-state index contributed by atoms with van der Waals surface area (Å²) >= 11 is 0. The fraction of sp³-hybridized carbons (Fsp3) is 0.176. The Kier molecular flexibility index (Phi) is 3.78. The summed E-state index contributed by atoms with van der Waals surface area (Å²) in [5.41, 5.74) is 2.46. The lowest BCUT2D eigenvalue weighted by molar-refractivity contribution is 0.0600. The molecule has 3 rings (SSSR count). The Hall–Kier alpha value is -2.82. The molecule has 1 heterocycles. The van der Waals surface area contributed by atoms with E-state index < -0.39 is 0 Å². The van der Waals surface area contributed by atoms with Crippen LogP contribution >= 0.6 is 0 Å². The van der Waals surface area contributed by atoms with Gasteiger partial charge in [-0.2, -0.15) is 0 Å². The van der Waals surface area contributed by atoms with E-state index in [0.717, 1.165) is 16.9 Å². The van der Waals surface area contributed by atoms with Gasteiger partial charge in [-0.3, -0.25) is 0 Å². The number of hydrogen-bond acceptors (Lipinski definition) is 4. The third-order valence-electron chi connectivity index (χ3n) is 3.50. The number of methoxy groups -OCH3 is 1. The minimum atomic E-state index is -0.381. The normalized spacial score (nSPS) is 10.6. The van der Waals surface area contributed by atoms with Crippen molar-refractivity contribution in [3.05, 3.63) is 59.9 Å². The molecule has 5 heteroatoms. The van der Waals surface area contributed by atoms with Gasteiger partial charge in [0.25, 0.3) is 0 Å². The minimum absolute atomic E-state index is 0.329. The topological polar surface area (TPSA) is 53.4 Å². The first-order valence-electron chi connectivity index (χ1n) is 6.90. The third-order valence-corrected chi connectivity index (χ3v) is 3.50. The molecule has 0 unspecified atom stereocenters. The van der Waals surface area contributed by atoms with Crippen LogP contribution in [0.5, 0.6) is 5.75 Å². The van der Waals surface area contributed by atoms with E-state index >= 15 is 0 Å². The van der Waals surface area contributed by atoms with Crippen molar-refractivity contribution in [1.29, 1.82) is 0 Å². The Morgan fingerprint density at radius 3 is 2.77 bits per heavy atom. The molecule has 112 valence electrons. The monoisotopic (exact) mass is 296 g/mol. The van der Waals surface area contributed by atoms with E-state index in [2.05, 4.69) is 4.98 Å². The maximum Gasteiger partial charge on any atom is 0.337 e. The van der Waals surface area contributed by atoms with E-state index in [1.807, 2.05) is 35.9 Å². The number of benzene rings is 2. The Labute approximate surface area is 128 Å². The van der Waals surface area contributed by atoms with Crippen LogP contribution in [-0.2, 0) is 18.4 Å². The third kappa shape index (κ3) is 2.65. The molecule has 0 bridgehead atoms. The molecule has 1 aromatic heterocycles. The Morgan fingerprint density at radius 2 is 2.00 bits per heavy atom. The number of carbonyl (C=O) groups is 1. The molecule has 0 radical (unpaired) electrons. The lowest BCUT2D eigenvalue weighted by Crippen LogP contribution is -2.05. The van der Waals surface area contributed by atoms with E-state index in [4.69, 9.17) is 9.47 Å². The molecule has 0 atom stereocenters. The van der Waals surface area contributed by atoms with Crippen LogP contribution in [0.15, 0.2) is 48.5 Å². The Balaban J connectivity index is 1.79. The number of carbonyl (C=O) groups excluding carboxylic acids is 1. The predicted octanol–water partition coefficient (Wildman–Crippen LogP) is 2.94. The van der Waals surface area contributed by atoms with E-state index in [0.29, 0.717) is 17.9 Å². The lowest BCUT2D eigenvalue weighted by Gasteiger charge is -2.07. The molecular formula is C17H16N2O3. The molecule has 0 saturated carbocycles. The van der Waals surface area contributed by atoms with Gasteiger partial charge in [-0.25, -0.2) is 9.78 Å². The number of nitrogens with zero attached hydrogens (tertiary/aromatic N) is 2. The van der Waals surface area contributed by atoms with Crippen molar-refractivity contribution < 1.29 is 14.3 Å². The van der Waals surface area contributed by atoms with Crippen LogP contribution in [0.2, 0.25) is 0 Å². The number of hydrogen-bond donors (Lipinski definition) is 0. The van der Waals surface area contributed by atoms with E-state index in [1.165, 1.54) is 7.11 Å². The van der Waals surface area contributed by atoms with Crippen molar-refractivity contribution in [2.75, 3.05) is 7.11 Å². The number of ether oxygens (including phenoxy) is 2. The van der Waals surface area contributed by atoms with Crippen LogP contribution < -0.4 is 4.74 Å². The van der Waals surface area contributed by atoms with Crippen LogP contribution in [0.3, 0.4) is 0 Å². The molecule has 3 aromatic rings. The number of para-hydroxylation sites is 2. The zero-order valence-electron chi connectivity index (χ0n) is 12.4. The number of aromatic nitrogens is 2. The molecule has 0 aliphatic heterocycles. The summed E-state index contributed by atoms with van der Waals surface area (Å²) in [5.74, 6) is 1.05. The first-order chi connectivity index (χ1) is 10.7. The smallest absolute Gasteiger partial charge is 0.337 e. The SMILES string of the molecule is COC(=O)c1cccc(OCc2nc3ccccc3n2C)c1. The highest BCUT2D eigenvalue weighted by Gasteiger charge is 2.09. The largest absolute Gasteiger partial charge is 0.486 e. The van der Waals surface area contributed by atoms with E-state index in [9.17, 15) is 4.79 Å². The number of fused-ring (bicyclic) bond motifs is 1. The molecular weight excluding hydrogens is 280 g/mol. The zero-order chi connectivity index (χ0) is 15.5. The van der Waals surface area contributed by atoms with Crippen molar-refractivity contribution in [2.45, 2.75) is 6.61 Å². The van der Waals surface area contributed by atoms with Gasteiger partial charge in [0.15, 0.2) is 0 Å². The highest BCUT2D eigenvalue weighted by molar-refractivity contribution is 5.89. The summed E-state index contributed by atoms with van der Waals surface area (Å²) < 4.78 is 12.4. The molecule has 0 fully saturated rings. The standard InChI is InChI=1S/C17H16N2O3/c1-19-15-9-4-3-8-14(15)18-16(19)11-22-13-7-5-6-12(10-13)17(20)21-2/h3-10H,11H2,1-2H3. The van der Waals surface area contributed by atoms with Crippen molar-refractivity contribution in [3.63, 3.8) is 0 Å². The summed E-state index contributed by atoms with van der Waals surface area (Å²) in [4.78, 5) is 16.1. The minimum Gasteiger partial charge on any atom is -0.486 e. The van der Waals surface area contributed by atoms with E-state index in [1.54, 1.807) is 24.3 Å². The number of esters is 1. The van der Waals surface area contributed by atoms with Gasteiger partial charge in [-0.1, -0.05) is 18.2 Å². The van der Waals surface area contributed by atoms with Crippen LogP contribution in [0, 0.1) is 0 Å². The highest BCUT2D eigenvalue weighted by Crippen LogP contribution is 2.18. The number of aryl methyl sites for hydroxylation is 1. The van der Waals surface area contributed by atoms with Gasteiger partial charge >= 0.3 is 5.97 Å². The number of rotatable bonds is 4. The maximum atomic E-state index is 11.5. The van der Waals surface area contributed by atoms with Crippen molar-refractivity contribution in [2.24, 2.45) is 7.05 Å². The maximum absolute atomic E-state index is 11.5. The molecule has 22 heavy (non-hydrogen) atoms. The second-order valence-electron chi connectivity index (χ2n) is 4.88. The van der Waals surface area contributed by atoms with Gasteiger partial charge in [-0.15, -0.1) is 0 Å². The summed E-state index contributed by atoms with van der Waals surface area (Å²) in [5, 5.41) is 0. The fourth-order valence-electron chi connectivity index (χ4n) is 2.30. The van der Waals surface area contributed by atoms with Crippen LogP contribution in [0.25, 0.3) is 11.0 Å². The average Bonchev–Trinajstić information content (AvgIpc) is 2.89. The summed E-state index contributed by atoms with van der Waals surface area (Å²) in [7, 11) is 3.31. The molecule has 5 nitrogen and oxygen atoms in total. The van der Waals surface area contributed by atoms with Gasteiger partial charge < -0.3 is 14.0 Å². The predicted molar refractivity (Wildman–Crippen MR) is 82.8 cm³/mol. The first-order valence-corrected chi connectivity index (χ1v) is 6.90. The van der Waals surface area contributed by atoms with Gasteiger partial charge in [0.05, 0.1) is 23.7 Å². The molecule has 2 aromatic carbocycles. The van der Waals surface area contributed by atoms with Gasteiger partial charge in [0.1, 0.15) is 18.2 Å². The molecule has 0 spiro atoms. The Morgan fingerprint density at radius 1 is 1.18 bits per heavy atom. The quantitative estimate of drug-likeness (QED) is 0.695. The molecule has 0 saturated heterocycles. The van der Waals surface area contributed by atoms with Crippen molar-refractivity contribution in [3.8, 4) is 5.75 Å². The van der Waals surface area contributed by atoms with Crippen LogP contribution in [0.1, 0.15) is 16.2 Å². The fourth-order valence-corrected chi connectivity index (χ4v) is 2.30. The Bertz CT molecular complexity index is 824. The summed E-state index contributed by atoms with van der Waals surface area (Å²) in [6.07, 6.45) is 0. The van der Waals surface area contributed by atoms with Gasteiger partial charge in [-0.05, 0) is 30.3 Å². The molecule has 0 aliphatic rings. The van der Waals surface area contributed by atoms with Crippen LogP contribution in [-0.4, -0.2) is 22.6 Å². The molecule has 0 amide bonds. The molecule has 0 aliphatic carbocycles. The highest BCUT2D eigenvalue weighted by atomic mass is 16.5. The summed E-state index contributed by atoms with van der Waals surface area (Å²) in [6.45, 7) is 0.329. The summed E-state index contributed by atoms with van der Waals surface area (Å²) in [6, 6.07) is 14.8. The average molecular weight is 296 g/mol. The first kappa shape index (κ1) is 14.1. The lowest BCUT2D eigenvalue weighted by atomic mass is 10.2. The second-order valence-corrected chi connectivity index (χ2v) is 4.88. The molecule has 0 N–H and O–H groups in total. The van der Waals surface area contributed by atoms with Gasteiger partial charge in [0.2, 0.25) is 0 Å². The zero-order valence-corrected chi connectivity index (χ0v) is 12.4. The number of imidazole rings is 1. The van der Waals surface area contributed by atoms with Crippen LogP contribution in [0.4, 0.5) is 0 Å². The van der Waals surface area contributed by atoms with E-state index in [-0.39, 0.29) is 5.97 Å². The van der Waals surface area contributed by atoms with Crippen molar-refractivity contribution in [1.82, 2.24) is 9.55 Å². The van der Waals surface area contributed by atoms with Gasteiger partial charge in [0, 0.05) is 7.05 Å². The van der Waals surface area contributed by atoms with Crippen molar-refractivity contribution >= 4 is 17.0 Å². The second kappa shape index (κ2) is 5.89.